The standard InChI is InChI=1S/C16H29NO5/c1-15(2,3)22-14(20)17-10-16(4,5)8-7-11(17)9-12(21-6)13(18)19/h11-12H,7-10H2,1-6H3,(H,18,19). The predicted octanol–water partition coefficient (Wildman–Crippen LogP) is 2.90. The number of ether oxygens (including phenoxy) is 2. The lowest BCUT2D eigenvalue weighted by Crippen LogP contribution is -2.52. The van der Waals surface area contributed by atoms with Crippen LogP contribution in [0.1, 0.15) is 53.9 Å². The van der Waals surface area contributed by atoms with Gasteiger partial charge in [0.2, 0.25) is 0 Å². The first-order chi connectivity index (χ1) is 9.95. The lowest BCUT2D eigenvalue weighted by molar-refractivity contribution is -0.150. The lowest BCUT2D eigenvalue weighted by Gasteiger charge is -2.44. The minimum Gasteiger partial charge on any atom is -0.479 e. The third kappa shape index (κ3) is 5.48. The second-order valence-electron chi connectivity index (χ2n) is 7.76. The van der Waals surface area contributed by atoms with Gasteiger partial charge in [-0.2, -0.15) is 0 Å². The summed E-state index contributed by atoms with van der Waals surface area (Å²) in [7, 11) is 1.38. The summed E-state index contributed by atoms with van der Waals surface area (Å²) in [6, 6.07) is -0.177. The molecule has 0 radical (unpaired) electrons. The van der Waals surface area contributed by atoms with Crippen molar-refractivity contribution >= 4 is 12.1 Å². The molecule has 1 heterocycles. The molecule has 0 saturated carbocycles. The van der Waals surface area contributed by atoms with Crippen molar-refractivity contribution in [1.82, 2.24) is 4.90 Å². The van der Waals surface area contributed by atoms with Gasteiger partial charge < -0.3 is 19.5 Å². The molecule has 2 unspecified atom stereocenters. The van der Waals surface area contributed by atoms with E-state index in [-0.39, 0.29) is 24.0 Å². The van der Waals surface area contributed by atoms with Crippen LogP contribution >= 0.6 is 0 Å². The van der Waals surface area contributed by atoms with Crippen molar-refractivity contribution in [3.8, 4) is 0 Å². The number of carboxylic acids is 1. The summed E-state index contributed by atoms with van der Waals surface area (Å²) < 4.78 is 10.5. The van der Waals surface area contributed by atoms with E-state index in [4.69, 9.17) is 14.6 Å². The Morgan fingerprint density at radius 3 is 2.41 bits per heavy atom. The van der Waals surface area contributed by atoms with Crippen molar-refractivity contribution in [3.05, 3.63) is 0 Å². The fourth-order valence-corrected chi connectivity index (χ4v) is 2.71. The summed E-state index contributed by atoms with van der Waals surface area (Å²) in [5.41, 5.74) is -0.574. The number of rotatable bonds is 4. The lowest BCUT2D eigenvalue weighted by atomic mass is 9.80. The second kappa shape index (κ2) is 6.86. The van der Waals surface area contributed by atoms with Gasteiger partial charge in [0.1, 0.15) is 5.60 Å². The van der Waals surface area contributed by atoms with Crippen molar-refractivity contribution in [3.63, 3.8) is 0 Å². The summed E-state index contributed by atoms with van der Waals surface area (Å²) in [6.07, 6.45) is 0.676. The molecule has 1 saturated heterocycles. The van der Waals surface area contributed by atoms with Crippen LogP contribution in [0.15, 0.2) is 0 Å². The Kier molecular flexibility index (Phi) is 5.84. The first kappa shape index (κ1) is 18.7. The highest BCUT2D eigenvalue weighted by Crippen LogP contribution is 2.34. The maximum Gasteiger partial charge on any atom is 0.410 e. The average Bonchev–Trinajstić information content (AvgIpc) is 2.34. The van der Waals surface area contributed by atoms with Crippen molar-refractivity contribution in [2.45, 2.75) is 71.6 Å². The molecule has 0 spiro atoms. The van der Waals surface area contributed by atoms with Crippen LogP contribution in [0.25, 0.3) is 0 Å². The molecule has 0 aliphatic carbocycles. The largest absolute Gasteiger partial charge is 0.479 e. The molecule has 1 aliphatic rings. The van der Waals surface area contributed by atoms with Gasteiger partial charge in [0, 0.05) is 26.1 Å². The average molecular weight is 315 g/mol. The third-order valence-corrected chi connectivity index (χ3v) is 3.87. The highest BCUT2D eigenvalue weighted by Gasteiger charge is 2.39. The molecule has 1 aliphatic heterocycles. The number of piperidine rings is 1. The predicted molar refractivity (Wildman–Crippen MR) is 82.8 cm³/mol. The summed E-state index contributed by atoms with van der Waals surface area (Å²) in [4.78, 5) is 25.3. The Morgan fingerprint density at radius 1 is 1.36 bits per heavy atom. The SMILES string of the molecule is COC(CC1CCC(C)(C)CN1C(=O)OC(C)(C)C)C(=O)O. The molecule has 128 valence electrons. The van der Waals surface area contributed by atoms with E-state index in [9.17, 15) is 9.59 Å². The Hall–Kier alpha value is -1.30. The van der Waals surface area contributed by atoms with Gasteiger partial charge in [0.05, 0.1) is 0 Å². The van der Waals surface area contributed by atoms with Crippen molar-refractivity contribution in [1.29, 1.82) is 0 Å². The van der Waals surface area contributed by atoms with Crippen LogP contribution in [-0.4, -0.2) is 53.5 Å². The van der Waals surface area contributed by atoms with E-state index in [0.29, 0.717) is 6.54 Å². The number of amides is 1. The molecule has 1 fully saturated rings. The van der Waals surface area contributed by atoms with Crippen LogP contribution in [0.2, 0.25) is 0 Å². The molecule has 0 bridgehead atoms. The van der Waals surface area contributed by atoms with E-state index in [2.05, 4.69) is 13.8 Å². The van der Waals surface area contributed by atoms with Crippen LogP contribution in [0.3, 0.4) is 0 Å². The molecule has 1 amide bonds. The normalized spacial score (nSPS) is 23.0. The Morgan fingerprint density at radius 2 is 1.95 bits per heavy atom. The van der Waals surface area contributed by atoms with Crippen molar-refractivity contribution in [2.24, 2.45) is 5.41 Å². The van der Waals surface area contributed by atoms with Gasteiger partial charge in [-0.05, 0) is 39.0 Å². The minimum atomic E-state index is -1.00. The van der Waals surface area contributed by atoms with Gasteiger partial charge in [-0.15, -0.1) is 0 Å². The molecule has 0 aromatic rings. The van der Waals surface area contributed by atoms with Gasteiger partial charge >= 0.3 is 12.1 Å². The van der Waals surface area contributed by atoms with Crippen LogP contribution in [0, 0.1) is 5.41 Å². The summed E-state index contributed by atoms with van der Waals surface area (Å²) in [5.74, 6) is -1.00. The molecule has 6 heteroatoms. The van der Waals surface area contributed by atoms with Crippen LogP contribution in [0.5, 0.6) is 0 Å². The van der Waals surface area contributed by atoms with E-state index in [1.165, 1.54) is 7.11 Å². The van der Waals surface area contributed by atoms with Crippen molar-refractivity contribution in [2.75, 3.05) is 13.7 Å². The number of hydrogen-bond donors (Lipinski definition) is 1. The number of methoxy groups -OCH3 is 1. The number of carboxylic acid groups (broad SMARTS) is 1. The number of carbonyl (C=O) groups excluding carboxylic acids is 1. The van der Waals surface area contributed by atoms with Crippen LogP contribution < -0.4 is 0 Å². The maximum atomic E-state index is 12.5. The molecule has 1 rings (SSSR count). The highest BCUT2D eigenvalue weighted by molar-refractivity contribution is 5.73. The molecule has 22 heavy (non-hydrogen) atoms. The Labute approximate surface area is 132 Å². The number of hydrogen-bond acceptors (Lipinski definition) is 4. The zero-order valence-corrected chi connectivity index (χ0v) is 14.5. The summed E-state index contributed by atoms with van der Waals surface area (Å²) in [5, 5.41) is 9.16. The molecule has 0 aromatic heterocycles. The van der Waals surface area contributed by atoms with E-state index in [1.54, 1.807) is 4.90 Å². The number of carbonyl (C=O) groups is 2. The zero-order valence-electron chi connectivity index (χ0n) is 14.5. The Bertz CT molecular complexity index is 413. The monoisotopic (exact) mass is 315 g/mol. The fourth-order valence-electron chi connectivity index (χ4n) is 2.71. The maximum absolute atomic E-state index is 12.5. The van der Waals surface area contributed by atoms with Crippen LogP contribution in [0.4, 0.5) is 4.79 Å². The van der Waals surface area contributed by atoms with E-state index in [0.717, 1.165) is 12.8 Å². The zero-order chi connectivity index (χ0) is 17.1. The molecule has 2 atom stereocenters. The van der Waals surface area contributed by atoms with Gasteiger partial charge in [-0.25, -0.2) is 9.59 Å². The van der Waals surface area contributed by atoms with E-state index < -0.39 is 17.7 Å². The molecule has 6 nitrogen and oxygen atoms in total. The molecule has 0 aromatic carbocycles. The van der Waals surface area contributed by atoms with Gasteiger partial charge in [0.25, 0.3) is 0 Å². The van der Waals surface area contributed by atoms with E-state index >= 15 is 0 Å². The topological polar surface area (TPSA) is 76.1 Å². The first-order valence-electron chi connectivity index (χ1n) is 7.70. The Balaban J connectivity index is 2.88. The molecular formula is C16H29NO5. The highest BCUT2D eigenvalue weighted by atomic mass is 16.6. The number of aliphatic carboxylic acids is 1. The molecular weight excluding hydrogens is 286 g/mol. The smallest absolute Gasteiger partial charge is 0.410 e. The van der Waals surface area contributed by atoms with E-state index in [1.807, 2.05) is 20.8 Å². The quantitative estimate of drug-likeness (QED) is 0.863. The van der Waals surface area contributed by atoms with Gasteiger partial charge in [-0.3, -0.25) is 0 Å². The summed E-state index contributed by atoms with van der Waals surface area (Å²) in [6.45, 7) is 10.2. The van der Waals surface area contributed by atoms with Gasteiger partial charge in [0.15, 0.2) is 6.10 Å². The van der Waals surface area contributed by atoms with Crippen LogP contribution in [-0.2, 0) is 14.3 Å². The summed E-state index contributed by atoms with van der Waals surface area (Å²) >= 11 is 0. The number of likely N-dealkylation sites (tertiary alicyclic amines) is 1. The minimum absolute atomic E-state index is 0.000797. The molecule has 1 N–H and O–H groups in total. The third-order valence-electron chi connectivity index (χ3n) is 3.87. The number of nitrogens with zero attached hydrogens (tertiary/aromatic N) is 1. The fraction of sp³-hybridized carbons (Fsp3) is 0.875. The first-order valence-corrected chi connectivity index (χ1v) is 7.70. The van der Waals surface area contributed by atoms with Crippen molar-refractivity contribution < 1.29 is 24.2 Å². The van der Waals surface area contributed by atoms with Gasteiger partial charge in [-0.1, -0.05) is 13.8 Å². The second-order valence-corrected chi connectivity index (χ2v) is 7.76.